The van der Waals surface area contributed by atoms with Gasteiger partial charge < -0.3 is 10.1 Å². The number of nitrogens with one attached hydrogen (secondary N) is 1. The zero-order valence-corrected chi connectivity index (χ0v) is 6.89. The Bertz CT molecular complexity index is 93.3. The molecular formula is C8H17NO. The Morgan fingerprint density at radius 2 is 2.40 bits per heavy atom. The standard InChI is InChI=1S/C8H17NO/c1-3-4-8-7(2)9-5-6-10-8/h7-9H,3-6H2,1-2H3/t7-,8-/m1/s1. The summed E-state index contributed by atoms with van der Waals surface area (Å²) in [6, 6.07) is 0.550. The Labute approximate surface area is 63.0 Å². The van der Waals surface area contributed by atoms with Crippen LogP contribution in [0, 0.1) is 0 Å². The summed E-state index contributed by atoms with van der Waals surface area (Å²) in [5, 5.41) is 3.39. The highest BCUT2D eigenvalue weighted by molar-refractivity contribution is 4.75. The average Bonchev–Trinajstić information content (AvgIpc) is 1.94. The van der Waals surface area contributed by atoms with Gasteiger partial charge in [0.25, 0.3) is 0 Å². The van der Waals surface area contributed by atoms with Crippen molar-refractivity contribution in [2.75, 3.05) is 13.2 Å². The average molecular weight is 143 g/mol. The number of morpholine rings is 1. The minimum Gasteiger partial charge on any atom is -0.375 e. The van der Waals surface area contributed by atoms with Crippen LogP contribution in [0.1, 0.15) is 26.7 Å². The molecule has 1 aliphatic heterocycles. The molecule has 0 spiro atoms. The molecule has 0 aliphatic carbocycles. The van der Waals surface area contributed by atoms with E-state index in [0.717, 1.165) is 13.2 Å². The first-order valence-corrected chi connectivity index (χ1v) is 4.19. The Hall–Kier alpha value is -0.0800. The van der Waals surface area contributed by atoms with E-state index >= 15 is 0 Å². The number of rotatable bonds is 2. The molecule has 0 amide bonds. The van der Waals surface area contributed by atoms with Gasteiger partial charge in [-0.05, 0) is 13.3 Å². The third kappa shape index (κ3) is 1.96. The second-order valence-corrected chi connectivity index (χ2v) is 2.94. The molecule has 0 radical (unpaired) electrons. The molecule has 2 nitrogen and oxygen atoms in total. The minimum absolute atomic E-state index is 0.457. The van der Waals surface area contributed by atoms with E-state index in [1.807, 2.05) is 0 Å². The quantitative estimate of drug-likeness (QED) is 0.626. The number of ether oxygens (including phenoxy) is 1. The summed E-state index contributed by atoms with van der Waals surface area (Å²) in [4.78, 5) is 0. The third-order valence-electron chi connectivity index (χ3n) is 2.03. The van der Waals surface area contributed by atoms with E-state index in [-0.39, 0.29) is 0 Å². The van der Waals surface area contributed by atoms with Crippen LogP contribution in [0.4, 0.5) is 0 Å². The summed E-state index contributed by atoms with van der Waals surface area (Å²) in [5.41, 5.74) is 0. The van der Waals surface area contributed by atoms with Crippen LogP contribution >= 0.6 is 0 Å². The normalized spacial score (nSPS) is 34.2. The highest BCUT2D eigenvalue weighted by Gasteiger charge is 2.19. The van der Waals surface area contributed by atoms with Crippen LogP contribution in [0.3, 0.4) is 0 Å². The van der Waals surface area contributed by atoms with Gasteiger partial charge in [-0.1, -0.05) is 13.3 Å². The van der Waals surface area contributed by atoms with Crippen molar-refractivity contribution in [3.05, 3.63) is 0 Å². The lowest BCUT2D eigenvalue weighted by atomic mass is 10.1. The molecule has 1 fully saturated rings. The van der Waals surface area contributed by atoms with Gasteiger partial charge in [0.2, 0.25) is 0 Å². The first kappa shape index (κ1) is 8.02. The molecule has 0 aromatic carbocycles. The second kappa shape index (κ2) is 3.94. The Morgan fingerprint density at radius 1 is 1.60 bits per heavy atom. The first-order valence-electron chi connectivity index (χ1n) is 4.19. The van der Waals surface area contributed by atoms with E-state index in [9.17, 15) is 0 Å². The van der Waals surface area contributed by atoms with Crippen LogP contribution in [0.15, 0.2) is 0 Å². The van der Waals surface area contributed by atoms with Gasteiger partial charge in [-0.15, -0.1) is 0 Å². The van der Waals surface area contributed by atoms with Gasteiger partial charge in [-0.2, -0.15) is 0 Å². The molecule has 2 heteroatoms. The molecule has 1 heterocycles. The largest absolute Gasteiger partial charge is 0.375 e. The zero-order chi connectivity index (χ0) is 7.40. The summed E-state index contributed by atoms with van der Waals surface area (Å²) < 4.78 is 5.57. The Morgan fingerprint density at radius 3 is 3.00 bits per heavy atom. The van der Waals surface area contributed by atoms with Gasteiger partial charge in [0.15, 0.2) is 0 Å². The fraction of sp³-hybridized carbons (Fsp3) is 1.00. The molecule has 0 saturated carbocycles. The molecule has 1 saturated heterocycles. The van der Waals surface area contributed by atoms with Crippen molar-refractivity contribution in [1.82, 2.24) is 5.32 Å². The van der Waals surface area contributed by atoms with Gasteiger partial charge >= 0.3 is 0 Å². The van der Waals surface area contributed by atoms with Gasteiger partial charge in [0, 0.05) is 12.6 Å². The van der Waals surface area contributed by atoms with Crippen molar-refractivity contribution >= 4 is 0 Å². The minimum atomic E-state index is 0.457. The van der Waals surface area contributed by atoms with Crippen LogP contribution in [-0.2, 0) is 4.74 Å². The zero-order valence-electron chi connectivity index (χ0n) is 6.89. The van der Waals surface area contributed by atoms with Gasteiger partial charge in [-0.3, -0.25) is 0 Å². The molecule has 1 N–H and O–H groups in total. The van der Waals surface area contributed by atoms with Crippen molar-refractivity contribution in [2.24, 2.45) is 0 Å². The maximum absolute atomic E-state index is 5.57. The van der Waals surface area contributed by atoms with Crippen molar-refractivity contribution in [3.63, 3.8) is 0 Å². The highest BCUT2D eigenvalue weighted by atomic mass is 16.5. The van der Waals surface area contributed by atoms with Crippen molar-refractivity contribution < 1.29 is 4.74 Å². The number of hydrogen-bond acceptors (Lipinski definition) is 2. The monoisotopic (exact) mass is 143 g/mol. The molecule has 0 aromatic rings. The molecule has 2 atom stereocenters. The lowest BCUT2D eigenvalue weighted by Crippen LogP contribution is -2.46. The van der Waals surface area contributed by atoms with Gasteiger partial charge in [0.1, 0.15) is 0 Å². The fourth-order valence-corrected chi connectivity index (χ4v) is 1.39. The van der Waals surface area contributed by atoms with E-state index in [2.05, 4.69) is 19.2 Å². The molecular weight excluding hydrogens is 126 g/mol. The lowest BCUT2D eigenvalue weighted by molar-refractivity contribution is -0.00379. The van der Waals surface area contributed by atoms with Gasteiger partial charge in [-0.25, -0.2) is 0 Å². The molecule has 1 rings (SSSR count). The van der Waals surface area contributed by atoms with Gasteiger partial charge in [0.05, 0.1) is 12.7 Å². The maximum atomic E-state index is 5.57. The van der Waals surface area contributed by atoms with Crippen LogP contribution in [0.5, 0.6) is 0 Å². The topological polar surface area (TPSA) is 21.3 Å². The summed E-state index contributed by atoms with van der Waals surface area (Å²) in [6.45, 7) is 6.29. The van der Waals surface area contributed by atoms with Crippen LogP contribution in [0.2, 0.25) is 0 Å². The number of hydrogen-bond donors (Lipinski definition) is 1. The van der Waals surface area contributed by atoms with Crippen LogP contribution in [0.25, 0.3) is 0 Å². The lowest BCUT2D eigenvalue weighted by Gasteiger charge is -2.29. The molecule has 0 aromatic heterocycles. The van der Waals surface area contributed by atoms with E-state index in [1.165, 1.54) is 12.8 Å². The third-order valence-corrected chi connectivity index (χ3v) is 2.03. The summed E-state index contributed by atoms with van der Waals surface area (Å²) in [7, 11) is 0. The molecule has 10 heavy (non-hydrogen) atoms. The maximum Gasteiger partial charge on any atom is 0.0725 e. The molecule has 0 bridgehead atoms. The predicted octanol–water partition coefficient (Wildman–Crippen LogP) is 1.16. The molecule has 60 valence electrons. The molecule has 0 unspecified atom stereocenters. The van der Waals surface area contributed by atoms with E-state index in [1.54, 1.807) is 0 Å². The van der Waals surface area contributed by atoms with E-state index < -0.39 is 0 Å². The first-order chi connectivity index (χ1) is 4.84. The Balaban J connectivity index is 2.25. The van der Waals surface area contributed by atoms with E-state index in [4.69, 9.17) is 4.74 Å². The van der Waals surface area contributed by atoms with Crippen molar-refractivity contribution in [3.8, 4) is 0 Å². The highest BCUT2D eigenvalue weighted by Crippen LogP contribution is 2.09. The summed E-state index contributed by atoms with van der Waals surface area (Å²) >= 11 is 0. The second-order valence-electron chi connectivity index (χ2n) is 2.94. The van der Waals surface area contributed by atoms with Crippen molar-refractivity contribution in [1.29, 1.82) is 0 Å². The summed E-state index contributed by atoms with van der Waals surface area (Å²) in [6.07, 6.45) is 2.86. The SMILES string of the molecule is CCC[C@H]1OCCN[C@@H]1C. The molecule has 1 aliphatic rings. The van der Waals surface area contributed by atoms with E-state index in [0.29, 0.717) is 12.1 Å². The Kier molecular flexibility index (Phi) is 3.16. The van der Waals surface area contributed by atoms with Crippen LogP contribution in [-0.4, -0.2) is 25.3 Å². The predicted molar refractivity (Wildman–Crippen MR) is 42.1 cm³/mol. The van der Waals surface area contributed by atoms with Crippen LogP contribution < -0.4 is 5.32 Å². The fourth-order valence-electron chi connectivity index (χ4n) is 1.39. The smallest absolute Gasteiger partial charge is 0.0725 e. The van der Waals surface area contributed by atoms with Crippen molar-refractivity contribution in [2.45, 2.75) is 38.8 Å². The summed E-state index contributed by atoms with van der Waals surface area (Å²) in [5.74, 6) is 0.